The largest absolute Gasteiger partial charge is 0.363 e. The molecule has 0 aromatic rings. The molecule has 5 amide bonds. The summed E-state index contributed by atoms with van der Waals surface area (Å²) in [7, 11) is -0.958. The number of hydrogen-bond acceptors (Lipinski definition) is 8. The SMILES string of the molecule is CN(C)S(=O)(=O)NC[C@@H](NC(=O)N[C@H](C(=O)N1C[C@@H]2C=C[C@@H]2[C@H]1C(=O)NC(SC1CC1)C(=O)C(N)=O)C(C)(C)C)C(C)(C)C. The van der Waals surface area contributed by atoms with E-state index in [4.69, 9.17) is 5.73 Å². The van der Waals surface area contributed by atoms with Crippen LogP contribution >= 0.6 is 11.8 Å². The molecule has 6 N–H and O–H groups in total. The van der Waals surface area contributed by atoms with Crippen molar-refractivity contribution >= 4 is 51.5 Å². The molecule has 248 valence electrons. The first-order valence-electron chi connectivity index (χ1n) is 14.7. The summed E-state index contributed by atoms with van der Waals surface area (Å²) in [4.78, 5) is 66.7. The molecule has 0 radical (unpaired) electrons. The van der Waals surface area contributed by atoms with E-state index in [-0.39, 0.29) is 30.2 Å². The van der Waals surface area contributed by atoms with Gasteiger partial charge in [-0.2, -0.15) is 12.7 Å². The molecular formula is C28H47N7O7S2. The number of fused-ring (bicyclic) bond motifs is 1. The van der Waals surface area contributed by atoms with Crippen molar-refractivity contribution in [2.24, 2.45) is 28.4 Å². The highest BCUT2D eigenvalue weighted by molar-refractivity contribution is 8.01. The third-order valence-electron chi connectivity index (χ3n) is 8.03. The lowest BCUT2D eigenvalue weighted by Crippen LogP contribution is -2.62. The van der Waals surface area contributed by atoms with E-state index >= 15 is 0 Å². The van der Waals surface area contributed by atoms with Crippen molar-refractivity contribution in [3.63, 3.8) is 0 Å². The predicted octanol–water partition coefficient (Wildman–Crippen LogP) is -0.0837. The van der Waals surface area contributed by atoms with Crippen molar-refractivity contribution in [2.75, 3.05) is 27.2 Å². The molecular weight excluding hydrogens is 610 g/mol. The number of likely N-dealkylation sites (tertiary alicyclic amines) is 1. The average Bonchev–Trinajstić information content (AvgIpc) is 3.65. The Labute approximate surface area is 264 Å². The normalized spacial score (nSPS) is 23.7. The third-order valence-corrected chi connectivity index (χ3v) is 11.0. The number of primary amides is 1. The van der Waals surface area contributed by atoms with Crippen LogP contribution in [0.4, 0.5) is 4.79 Å². The number of urea groups is 1. The zero-order chi connectivity index (χ0) is 33.4. The van der Waals surface area contributed by atoms with Gasteiger partial charge in [-0.25, -0.2) is 9.52 Å². The quantitative estimate of drug-likeness (QED) is 0.103. The molecule has 3 rings (SSSR count). The minimum absolute atomic E-state index is 0.0690. The lowest BCUT2D eigenvalue weighted by Gasteiger charge is -2.37. The Morgan fingerprint density at radius 1 is 0.977 bits per heavy atom. The Morgan fingerprint density at radius 2 is 1.59 bits per heavy atom. The van der Waals surface area contributed by atoms with Crippen LogP contribution in [-0.4, -0.2) is 103 Å². The highest BCUT2D eigenvalue weighted by Crippen LogP contribution is 2.41. The molecule has 0 aromatic carbocycles. The minimum atomic E-state index is -3.74. The molecule has 2 aliphatic carbocycles. The second kappa shape index (κ2) is 13.3. The van der Waals surface area contributed by atoms with E-state index in [0.29, 0.717) is 0 Å². The van der Waals surface area contributed by atoms with Crippen LogP contribution in [-0.2, 0) is 29.4 Å². The van der Waals surface area contributed by atoms with Gasteiger partial charge in [0.2, 0.25) is 11.8 Å². The highest BCUT2D eigenvalue weighted by Gasteiger charge is 2.52. The number of thioether (sulfide) groups is 1. The number of nitrogens with two attached hydrogens (primary N) is 1. The van der Waals surface area contributed by atoms with E-state index in [1.807, 2.05) is 32.9 Å². The fraction of sp³-hybridized carbons (Fsp3) is 0.750. The average molecular weight is 658 g/mol. The van der Waals surface area contributed by atoms with Crippen molar-refractivity contribution in [3.8, 4) is 0 Å². The van der Waals surface area contributed by atoms with Gasteiger partial charge in [0.25, 0.3) is 21.9 Å². The molecule has 0 bridgehead atoms. The summed E-state index contributed by atoms with van der Waals surface area (Å²) in [6, 6.07) is -3.31. The lowest BCUT2D eigenvalue weighted by atomic mass is 9.81. The summed E-state index contributed by atoms with van der Waals surface area (Å²) in [5, 5.41) is 7.25. The van der Waals surface area contributed by atoms with Gasteiger partial charge in [0.15, 0.2) is 0 Å². The van der Waals surface area contributed by atoms with Gasteiger partial charge in [0.1, 0.15) is 17.5 Å². The Balaban J connectivity index is 1.78. The first-order chi connectivity index (χ1) is 20.1. The number of carbonyl (C=O) groups excluding carboxylic acids is 5. The number of Topliss-reactive ketones (excluding diaryl/α,β-unsaturated/α-hetero) is 1. The molecule has 2 fully saturated rings. The Morgan fingerprint density at radius 3 is 2.05 bits per heavy atom. The monoisotopic (exact) mass is 657 g/mol. The smallest absolute Gasteiger partial charge is 0.315 e. The summed E-state index contributed by atoms with van der Waals surface area (Å²) >= 11 is 1.18. The molecule has 1 unspecified atom stereocenters. The second-order valence-corrected chi connectivity index (χ2v) is 17.4. The zero-order valence-electron chi connectivity index (χ0n) is 26.7. The number of ketones is 1. The first kappa shape index (κ1) is 35.8. The molecule has 14 nitrogen and oxygen atoms in total. The molecule has 1 aliphatic heterocycles. The second-order valence-electron chi connectivity index (χ2n) is 14.0. The third kappa shape index (κ3) is 8.73. The summed E-state index contributed by atoms with van der Waals surface area (Å²) in [5.74, 6) is -3.44. The van der Waals surface area contributed by atoms with Gasteiger partial charge < -0.3 is 26.6 Å². The summed E-state index contributed by atoms with van der Waals surface area (Å²) in [6.45, 7) is 11.1. The number of nitrogens with one attached hydrogen (secondary N) is 4. The van der Waals surface area contributed by atoms with E-state index in [1.165, 1.54) is 30.8 Å². The Hall–Kier alpha value is -2.69. The number of amides is 5. The molecule has 3 aliphatic rings. The van der Waals surface area contributed by atoms with Crippen LogP contribution in [0.25, 0.3) is 0 Å². The van der Waals surface area contributed by atoms with Crippen molar-refractivity contribution in [1.29, 1.82) is 0 Å². The van der Waals surface area contributed by atoms with Gasteiger partial charge in [0, 0.05) is 50.3 Å². The van der Waals surface area contributed by atoms with Crippen LogP contribution in [0, 0.1) is 22.7 Å². The van der Waals surface area contributed by atoms with Gasteiger partial charge in [0.05, 0.1) is 0 Å². The van der Waals surface area contributed by atoms with Crippen molar-refractivity contribution in [2.45, 2.75) is 83.1 Å². The first-order valence-corrected chi connectivity index (χ1v) is 17.0. The maximum Gasteiger partial charge on any atom is 0.315 e. The fourth-order valence-electron chi connectivity index (χ4n) is 4.95. The van der Waals surface area contributed by atoms with E-state index in [1.54, 1.807) is 20.8 Å². The van der Waals surface area contributed by atoms with Crippen LogP contribution in [0.5, 0.6) is 0 Å². The van der Waals surface area contributed by atoms with Crippen LogP contribution in [0.1, 0.15) is 54.4 Å². The van der Waals surface area contributed by atoms with E-state index in [2.05, 4.69) is 20.7 Å². The summed E-state index contributed by atoms with van der Waals surface area (Å²) < 4.78 is 28.1. The van der Waals surface area contributed by atoms with Gasteiger partial charge in [-0.15, -0.1) is 11.8 Å². The van der Waals surface area contributed by atoms with Crippen LogP contribution in [0.2, 0.25) is 0 Å². The van der Waals surface area contributed by atoms with Crippen molar-refractivity contribution < 1.29 is 32.4 Å². The standard InChI is InChI=1S/C28H47N7O7S2/c1-27(2,3)18(13-30-44(41,42)34(7)8)31-26(40)32-21(28(4,5)6)25(39)35-14-15-9-12-17(15)19(35)23(38)33-24(20(36)22(29)37)43-16-10-11-16/h9,12,15-19,21,24,30H,10-11,13-14H2,1-8H3,(H2,29,37)(H,33,38)(H2,31,32,40)/t15-,17-,18+,19-,21+,24?/m0/s1. The number of nitrogens with zero attached hydrogens (tertiary/aromatic N) is 2. The van der Waals surface area contributed by atoms with Crippen molar-refractivity contribution in [3.05, 3.63) is 12.2 Å². The van der Waals surface area contributed by atoms with E-state index in [9.17, 15) is 32.4 Å². The molecule has 16 heteroatoms. The van der Waals surface area contributed by atoms with Crippen LogP contribution in [0.3, 0.4) is 0 Å². The minimum Gasteiger partial charge on any atom is -0.363 e. The number of rotatable bonds is 13. The Kier molecular flexibility index (Phi) is 10.9. The van der Waals surface area contributed by atoms with E-state index in [0.717, 1.165) is 17.1 Å². The zero-order valence-corrected chi connectivity index (χ0v) is 28.3. The van der Waals surface area contributed by atoms with E-state index < -0.39 is 74.1 Å². The number of carbonyl (C=O) groups is 5. The van der Waals surface area contributed by atoms with Gasteiger partial charge in [-0.05, 0) is 23.7 Å². The molecule has 6 atom stereocenters. The molecule has 1 heterocycles. The molecule has 0 spiro atoms. The topological polar surface area (TPSA) is 200 Å². The lowest BCUT2D eigenvalue weighted by molar-refractivity contribution is -0.143. The fourth-order valence-corrected chi connectivity index (χ4v) is 6.80. The number of hydrogen-bond donors (Lipinski definition) is 5. The van der Waals surface area contributed by atoms with Crippen LogP contribution in [0.15, 0.2) is 12.2 Å². The Bertz CT molecular complexity index is 1290. The van der Waals surface area contributed by atoms with Gasteiger partial charge >= 0.3 is 6.03 Å². The summed E-state index contributed by atoms with van der Waals surface area (Å²) in [6.07, 6.45) is 5.49. The maximum absolute atomic E-state index is 14.1. The molecule has 44 heavy (non-hydrogen) atoms. The molecule has 1 saturated carbocycles. The van der Waals surface area contributed by atoms with Crippen LogP contribution < -0.4 is 26.4 Å². The summed E-state index contributed by atoms with van der Waals surface area (Å²) in [5.41, 5.74) is 3.91. The van der Waals surface area contributed by atoms with Gasteiger partial charge in [-0.3, -0.25) is 19.2 Å². The molecule has 1 saturated heterocycles. The highest BCUT2D eigenvalue weighted by atomic mass is 32.2. The maximum atomic E-state index is 14.1. The molecule has 0 aromatic heterocycles. The predicted molar refractivity (Wildman–Crippen MR) is 167 cm³/mol. The van der Waals surface area contributed by atoms with Crippen molar-refractivity contribution in [1.82, 2.24) is 29.9 Å². The van der Waals surface area contributed by atoms with Gasteiger partial charge in [-0.1, -0.05) is 53.7 Å².